The van der Waals surface area contributed by atoms with Gasteiger partial charge in [-0.25, -0.2) is 32.9 Å². The summed E-state index contributed by atoms with van der Waals surface area (Å²) in [6.07, 6.45) is 3.47. The highest BCUT2D eigenvalue weighted by molar-refractivity contribution is 5.85. The number of aliphatic hydroxyl groups excluding tert-OH is 1. The molecule has 10 nitrogen and oxygen atoms in total. The highest BCUT2D eigenvalue weighted by Crippen LogP contribution is 2.33. The summed E-state index contributed by atoms with van der Waals surface area (Å²) in [5.41, 5.74) is 5.99. The van der Waals surface area contributed by atoms with Crippen molar-refractivity contribution in [3.63, 3.8) is 0 Å². The third-order valence-electron chi connectivity index (χ3n) is 6.21. The molecule has 3 N–H and O–H groups in total. The van der Waals surface area contributed by atoms with Crippen molar-refractivity contribution in [2.45, 2.75) is 58.1 Å². The molecule has 2 saturated heterocycles. The van der Waals surface area contributed by atoms with Gasteiger partial charge in [0.1, 0.15) is 5.69 Å². The van der Waals surface area contributed by atoms with Crippen molar-refractivity contribution < 1.29 is 32.5 Å². The molecule has 214 valence electrons. The number of aliphatic hydroxyl groups is 1. The van der Waals surface area contributed by atoms with Crippen LogP contribution in [-0.2, 0) is 9.47 Å². The summed E-state index contributed by atoms with van der Waals surface area (Å²) < 4.78 is 51.9. The number of carbonyl (C=O) groups excluding carboxylic acids is 1. The van der Waals surface area contributed by atoms with Crippen LogP contribution in [0.1, 0.15) is 57.6 Å². The number of likely N-dealkylation sites (tertiary alicyclic amines) is 1. The Balaban J connectivity index is 0.000000213. The van der Waals surface area contributed by atoms with Crippen molar-refractivity contribution in [2.75, 3.05) is 39.1 Å². The van der Waals surface area contributed by atoms with E-state index in [1.54, 1.807) is 15.5 Å². The summed E-state index contributed by atoms with van der Waals surface area (Å²) in [7, 11) is 1.42. The van der Waals surface area contributed by atoms with E-state index in [1.807, 2.05) is 13.8 Å². The number of nitrogens with two attached hydrogens (primary N) is 1. The second-order valence-electron chi connectivity index (χ2n) is 9.44. The molecule has 0 spiro atoms. The normalized spacial score (nSPS) is 17.1. The van der Waals surface area contributed by atoms with E-state index in [0.29, 0.717) is 12.1 Å². The summed E-state index contributed by atoms with van der Waals surface area (Å²) >= 11 is 0. The molecule has 1 unspecified atom stereocenters. The number of benzene rings is 1. The molecule has 3 aromatic rings. The van der Waals surface area contributed by atoms with Gasteiger partial charge < -0.3 is 29.8 Å². The largest absolute Gasteiger partial charge is 0.453 e. The van der Waals surface area contributed by atoms with Crippen LogP contribution in [0, 0.1) is 5.82 Å². The van der Waals surface area contributed by atoms with Crippen molar-refractivity contribution in [3.8, 4) is 11.3 Å². The quantitative estimate of drug-likeness (QED) is 0.477. The zero-order valence-corrected chi connectivity index (χ0v) is 22.3. The molecule has 0 radical (unpaired) electrons. The molecule has 2 fully saturated rings. The molecule has 0 saturated carbocycles. The fraction of sp³-hybridized carbons (Fsp3) is 0.538. The summed E-state index contributed by atoms with van der Waals surface area (Å²) in [5, 5.41) is 8.78. The van der Waals surface area contributed by atoms with Crippen LogP contribution in [0.15, 0.2) is 24.7 Å². The van der Waals surface area contributed by atoms with E-state index in [9.17, 15) is 18.0 Å². The third kappa shape index (κ3) is 8.02. The van der Waals surface area contributed by atoms with E-state index in [4.69, 9.17) is 15.6 Å². The van der Waals surface area contributed by atoms with Gasteiger partial charge >= 0.3 is 6.09 Å². The van der Waals surface area contributed by atoms with E-state index in [0.717, 1.165) is 51.6 Å². The molecule has 1 amide bonds. The summed E-state index contributed by atoms with van der Waals surface area (Å²) in [6, 6.07) is 2.79. The number of anilines is 1. The van der Waals surface area contributed by atoms with Gasteiger partial charge in [-0.15, -0.1) is 0 Å². The number of nitrogens with zero attached hydrogens (tertiary/aromatic N) is 5. The minimum absolute atomic E-state index is 0.0149. The summed E-state index contributed by atoms with van der Waals surface area (Å²) in [5.74, 6) is -0.855. The van der Waals surface area contributed by atoms with Crippen molar-refractivity contribution >= 4 is 23.1 Å². The first-order valence-corrected chi connectivity index (χ1v) is 12.8. The van der Waals surface area contributed by atoms with Gasteiger partial charge in [0.2, 0.25) is 5.95 Å². The fourth-order valence-electron chi connectivity index (χ4n) is 4.21. The average molecular weight is 553 g/mol. The second kappa shape index (κ2) is 14.1. The maximum Gasteiger partial charge on any atom is 0.409 e. The van der Waals surface area contributed by atoms with Crippen LogP contribution in [0.4, 0.5) is 23.9 Å². The number of halogens is 3. The number of amides is 1. The van der Waals surface area contributed by atoms with Crippen LogP contribution in [0.25, 0.3) is 22.3 Å². The standard InChI is InChI=1S/C15H14F3N5.C6H11NO2.C5H10O2/c1-7(2)23-6-21-13-9(14(17)18)3-8(4-11(13)23)12-10(16)5-20-15(19)22-12;1-9-6(8)7-4-2-3-5-7;6-5-2-1-3-7-4-5/h3-7,14H,1-2H3,(H2,19,20,22);2-5H2,1H3;5-6H,1-4H2. The van der Waals surface area contributed by atoms with Gasteiger partial charge in [0.15, 0.2) is 5.82 Å². The van der Waals surface area contributed by atoms with E-state index in [2.05, 4.69) is 19.7 Å². The Morgan fingerprint density at radius 1 is 1.21 bits per heavy atom. The van der Waals surface area contributed by atoms with Crippen LogP contribution in [0.2, 0.25) is 0 Å². The molecule has 5 rings (SSSR count). The van der Waals surface area contributed by atoms with Gasteiger partial charge in [0.05, 0.1) is 43.4 Å². The van der Waals surface area contributed by atoms with E-state index < -0.39 is 12.2 Å². The van der Waals surface area contributed by atoms with Crippen molar-refractivity contribution in [1.29, 1.82) is 0 Å². The minimum Gasteiger partial charge on any atom is -0.453 e. The predicted octanol–water partition coefficient (Wildman–Crippen LogP) is 4.74. The van der Waals surface area contributed by atoms with Crippen molar-refractivity contribution in [2.24, 2.45) is 0 Å². The maximum atomic E-state index is 14.0. The molecular formula is C26H35F3N6O4. The summed E-state index contributed by atoms with van der Waals surface area (Å²) in [6.45, 7) is 6.91. The number of rotatable bonds is 3. The smallest absolute Gasteiger partial charge is 0.409 e. The van der Waals surface area contributed by atoms with E-state index in [1.165, 1.54) is 19.5 Å². The minimum atomic E-state index is -2.74. The molecule has 1 atom stereocenters. The monoisotopic (exact) mass is 552 g/mol. The first-order chi connectivity index (χ1) is 18.6. The molecule has 2 aliphatic rings. The van der Waals surface area contributed by atoms with Crippen LogP contribution in [0.3, 0.4) is 0 Å². The molecule has 39 heavy (non-hydrogen) atoms. The predicted molar refractivity (Wildman–Crippen MR) is 140 cm³/mol. The van der Waals surface area contributed by atoms with Gasteiger partial charge in [-0.2, -0.15) is 0 Å². The van der Waals surface area contributed by atoms with E-state index in [-0.39, 0.29) is 46.5 Å². The SMILES string of the molecule is CC(C)n1cnc2c(C(F)F)cc(-c3nc(N)ncc3F)cc21.COC(=O)N1CCCC1.OC1CCCOC1. The second-order valence-corrected chi connectivity index (χ2v) is 9.44. The number of hydrogen-bond acceptors (Lipinski definition) is 8. The topological polar surface area (TPSA) is 129 Å². The lowest BCUT2D eigenvalue weighted by atomic mass is 10.1. The number of imidazole rings is 1. The lowest BCUT2D eigenvalue weighted by Crippen LogP contribution is -2.27. The third-order valence-corrected chi connectivity index (χ3v) is 6.21. The molecule has 0 bridgehead atoms. The van der Waals surface area contributed by atoms with Gasteiger partial charge in [0.25, 0.3) is 6.43 Å². The Morgan fingerprint density at radius 2 is 1.92 bits per heavy atom. The average Bonchev–Trinajstić information content (AvgIpc) is 3.61. The Bertz CT molecular complexity index is 1230. The van der Waals surface area contributed by atoms with Gasteiger partial charge in [-0.05, 0) is 51.7 Å². The Morgan fingerprint density at radius 3 is 2.46 bits per heavy atom. The number of ether oxygens (including phenoxy) is 2. The van der Waals surface area contributed by atoms with Crippen LogP contribution in [-0.4, -0.2) is 75.1 Å². The molecular weight excluding hydrogens is 517 g/mol. The molecule has 1 aromatic carbocycles. The number of fused-ring (bicyclic) bond motifs is 1. The zero-order chi connectivity index (χ0) is 28.5. The van der Waals surface area contributed by atoms with Crippen LogP contribution >= 0.6 is 0 Å². The molecule has 13 heteroatoms. The first-order valence-electron chi connectivity index (χ1n) is 12.8. The molecule has 4 heterocycles. The zero-order valence-electron chi connectivity index (χ0n) is 22.3. The fourth-order valence-corrected chi connectivity index (χ4v) is 4.21. The Kier molecular flexibility index (Phi) is 10.9. The van der Waals surface area contributed by atoms with Gasteiger partial charge in [0, 0.05) is 36.9 Å². The lowest BCUT2D eigenvalue weighted by Gasteiger charge is -2.15. The van der Waals surface area contributed by atoms with Crippen molar-refractivity contribution in [1.82, 2.24) is 24.4 Å². The van der Waals surface area contributed by atoms with Crippen molar-refractivity contribution in [3.05, 3.63) is 36.0 Å². The number of hydrogen-bond donors (Lipinski definition) is 2. The Hall–Kier alpha value is -3.45. The Labute approximate surface area is 225 Å². The number of methoxy groups -OCH3 is 1. The van der Waals surface area contributed by atoms with E-state index >= 15 is 0 Å². The first kappa shape index (κ1) is 30.1. The number of alkyl halides is 2. The number of aromatic nitrogens is 4. The van der Waals surface area contributed by atoms with Crippen LogP contribution < -0.4 is 5.73 Å². The summed E-state index contributed by atoms with van der Waals surface area (Å²) in [4.78, 5) is 23.9. The maximum absolute atomic E-state index is 14.0. The molecule has 2 aliphatic heterocycles. The van der Waals surface area contributed by atoms with Gasteiger partial charge in [-0.1, -0.05) is 0 Å². The molecule has 0 aliphatic carbocycles. The molecule has 2 aromatic heterocycles. The highest BCUT2D eigenvalue weighted by atomic mass is 19.3. The number of carbonyl (C=O) groups is 1. The number of nitrogen functional groups attached to an aromatic ring is 1. The highest BCUT2D eigenvalue weighted by Gasteiger charge is 2.20. The van der Waals surface area contributed by atoms with Gasteiger partial charge in [-0.3, -0.25) is 0 Å². The lowest BCUT2D eigenvalue weighted by molar-refractivity contribution is -0.00535. The van der Waals surface area contributed by atoms with Crippen LogP contribution in [0.5, 0.6) is 0 Å².